The quantitative estimate of drug-likeness (QED) is 0.0235. The second kappa shape index (κ2) is 41.9. The Morgan fingerprint density at radius 3 is 1.29 bits per heavy atom. The van der Waals surface area contributed by atoms with Crippen LogP contribution in [0, 0.1) is 0 Å². The summed E-state index contributed by atoms with van der Waals surface area (Å²) in [7, 11) is -4.61. The van der Waals surface area contributed by atoms with Crippen LogP contribution in [-0.2, 0) is 32.7 Å². The van der Waals surface area contributed by atoms with Crippen molar-refractivity contribution in [2.45, 2.75) is 238 Å². The Labute approximate surface area is 343 Å². The molecule has 0 aliphatic rings. The highest BCUT2D eigenvalue weighted by Gasteiger charge is 2.27. The molecule has 56 heavy (non-hydrogen) atoms. The first-order chi connectivity index (χ1) is 27.2. The number of aliphatic hydroxyl groups excluding tert-OH is 2. The summed E-state index contributed by atoms with van der Waals surface area (Å²) in [6, 6.07) is 0. The van der Waals surface area contributed by atoms with Crippen molar-refractivity contribution in [2.75, 3.05) is 26.4 Å². The lowest BCUT2D eigenvalue weighted by Gasteiger charge is -2.20. The second-order valence-corrected chi connectivity index (χ2v) is 17.2. The lowest BCUT2D eigenvalue weighted by atomic mass is 10.0. The van der Waals surface area contributed by atoms with Gasteiger partial charge in [0.05, 0.1) is 19.8 Å². The first-order valence-corrected chi connectivity index (χ1v) is 24.6. The topological polar surface area (TPSA) is 149 Å². The molecule has 0 spiro atoms. The summed E-state index contributed by atoms with van der Waals surface area (Å²) < 4.78 is 32.8. The molecule has 0 aromatic carbocycles. The maximum absolute atomic E-state index is 12.6. The Hall–Kier alpha value is -1.29. The molecule has 0 aromatic heterocycles. The smallest absolute Gasteiger partial charge is 0.462 e. The minimum Gasteiger partial charge on any atom is -0.462 e. The summed E-state index contributed by atoms with van der Waals surface area (Å²) in [6.07, 6.45) is 40.3. The molecule has 0 aliphatic heterocycles. The van der Waals surface area contributed by atoms with Crippen molar-refractivity contribution in [3.8, 4) is 0 Å². The molecule has 0 fully saturated rings. The number of ether oxygens (including phenoxy) is 2. The van der Waals surface area contributed by atoms with E-state index in [0.717, 1.165) is 44.9 Å². The average molecular weight is 819 g/mol. The number of hydrogen-bond donors (Lipinski definition) is 3. The predicted octanol–water partition coefficient (Wildman–Crippen LogP) is 12.4. The molecule has 10 nitrogen and oxygen atoms in total. The van der Waals surface area contributed by atoms with Gasteiger partial charge < -0.3 is 24.6 Å². The monoisotopic (exact) mass is 819 g/mol. The van der Waals surface area contributed by atoms with Gasteiger partial charge in [0.2, 0.25) is 0 Å². The Balaban J connectivity index is 4.23. The number of esters is 2. The molecule has 0 saturated heterocycles. The molecule has 3 atom stereocenters. The van der Waals surface area contributed by atoms with E-state index in [-0.39, 0.29) is 19.4 Å². The molecule has 0 saturated carbocycles. The van der Waals surface area contributed by atoms with E-state index >= 15 is 0 Å². The fourth-order valence-electron chi connectivity index (χ4n) is 6.58. The zero-order valence-corrected chi connectivity index (χ0v) is 37.0. The van der Waals surface area contributed by atoms with E-state index in [1.807, 2.05) is 0 Å². The zero-order valence-electron chi connectivity index (χ0n) is 36.1. The maximum Gasteiger partial charge on any atom is 0.472 e. The predicted molar refractivity (Wildman–Crippen MR) is 229 cm³/mol. The molecule has 0 aliphatic carbocycles. The Morgan fingerprint density at radius 2 is 0.875 bits per heavy atom. The Morgan fingerprint density at radius 1 is 0.518 bits per heavy atom. The third-order valence-electron chi connectivity index (χ3n) is 10.2. The number of carbonyl (C=O) groups is 2. The SMILES string of the molecule is CCCCCCCC/C=C\CCCCCCCCCC(=O)O[C@H](COC(=O)CCCCCCCCCCCCCCCCCC)COP(=O)(O)OC[C@@H](O)CO. The molecular formula is C45H87O10P. The summed E-state index contributed by atoms with van der Waals surface area (Å²) in [5, 5.41) is 18.3. The van der Waals surface area contributed by atoms with Crippen LogP contribution in [0.5, 0.6) is 0 Å². The number of aliphatic hydroxyl groups is 2. The van der Waals surface area contributed by atoms with Crippen LogP contribution in [0.4, 0.5) is 0 Å². The van der Waals surface area contributed by atoms with E-state index in [1.54, 1.807) is 0 Å². The highest BCUT2D eigenvalue weighted by Crippen LogP contribution is 2.43. The van der Waals surface area contributed by atoms with E-state index < -0.39 is 51.8 Å². The van der Waals surface area contributed by atoms with Crippen molar-refractivity contribution in [1.29, 1.82) is 0 Å². The van der Waals surface area contributed by atoms with Gasteiger partial charge in [-0.15, -0.1) is 0 Å². The number of carbonyl (C=O) groups excluding carboxylic acids is 2. The van der Waals surface area contributed by atoms with E-state index in [9.17, 15) is 24.2 Å². The van der Waals surface area contributed by atoms with Crippen LogP contribution in [0.3, 0.4) is 0 Å². The summed E-state index contributed by atoms with van der Waals surface area (Å²) in [5.74, 6) is -0.917. The van der Waals surface area contributed by atoms with Gasteiger partial charge in [0, 0.05) is 12.8 Å². The van der Waals surface area contributed by atoms with Crippen LogP contribution < -0.4 is 0 Å². The van der Waals surface area contributed by atoms with E-state index in [1.165, 1.54) is 141 Å². The molecule has 0 radical (unpaired) electrons. The van der Waals surface area contributed by atoms with Crippen molar-refractivity contribution >= 4 is 19.8 Å². The van der Waals surface area contributed by atoms with Crippen LogP contribution in [-0.4, -0.2) is 65.7 Å². The van der Waals surface area contributed by atoms with Crippen molar-refractivity contribution < 1.29 is 47.8 Å². The van der Waals surface area contributed by atoms with Gasteiger partial charge in [-0.2, -0.15) is 0 Å². The summed E-state index contributed by atoms with van der Waals surface area (Å²) in [6.45, 7) is 2.41. The van der Waals surface area contributed by atoms with Gasteiger partial charge in [-0.1, -0.05) is 187 Å². The lowest BCUT2D eigenvalue weighted by Crippen LogP contribution is -2.29. The molecule has 0 amide bonds. The number of rotatable bonds is 44. The van der Waals surface area contributed by atoms with E-state index in [4.69, 9.17) is 23.6 Å². The number of phosphoric ester groups is 1. The first-order valence-electron chi connectivity index (χ1n) is 23.1. The molecule has 1 unspecified atom stereocenters. The first kappa shape index (κ1) is 54.7. The highest BCUT2D eigenvalue weighted by molar-refractivity contribution is 7.47. The number of allylic oxidation sites excluding steroid dienone is 2. The lowest BCUT2D eigenvalue weighted by molar-refractivity contribution is -0.161. The molecule has 3 N–H and O–H groups in total. The van der Waals surface area contributed by atoms with E-state index in [2.05, 4.69) is 26.0 Å². The molecule has 0 rings (SSSR count). The Bertz CT molecular complexity index is 946. The van der Waals surface area contributed by atoms with Gasteiger partial charge in [0.25, 0.3) is 0 Å². The van der Waals surface area contributed by atoms with Gasteiger partial charge in [0.1, 0.15) is 12.7 Å². The summed E-state index contributed by atoms with van der Waals surface area (Å²) in [4.78, 5) is 35.0. The van der Waals surface area contributed by atoms with Gasteiger partial charge in [-0.3, -0.25) is 18.6 Å². The number of unbranched alkanes of at least 4 members (excludes halogenated alkanes) is 28. The molecule has 0 aromatic rings. The van der Waals surface area contributed by atoms with E-state index in [0.29, 0.717) is 12.8 Å². The minimum absolute atomic E-state index is 0.184. The fraction of sp³-hybridized carbons (Fsp3) is 0.911. The van der Waals surface area contributed by atoms with Crippen LogP contribution in [0.25, 0.3) is 0 Å². The molecule has 0 heterocycles. The summed E-state index contributed by atoms with van der Waals surface area (Å²) in [5.41, 5.74) is 0. The summed E-state index contributed by atoms with van der Waals surface area (Å²) >= 11 is 0. The highest BCUT2D eigenvalue weighted by atomic mass is 31.2. The van der Waals surface area contributed by atoms with Gasteiger partial charge >= 0.3 is 19.8 Å². The standard InChI is InChI=1S/C45H87O10P/c1-3-5-7-9-11-13-15-17-19-21-23-25-27-29-31-33-35-37-45(49)55-43(41-54-56(50,51)53-39-42(47)38-46)40-52-44(48)36-34-32-30-28-26-24-22-20-18-16-14-12-10-8-6-4-2/h17,19,42-43,46-47H,3-16,18,20-41H2,1-2H3,(H,50,51)/b19-17-/t42-,43+/m0/s1. The normalized spacial score (nSPS) is 13.9. The molecule has 0 bridgehead atoms. The van der Waals surface area contributed by atoms with Crippen LogP contribution >= 0.6 is 7.82 Å². The third-order valence-corrected chi connectivity index (χ3v) is 11.1. The maximum atomic E-state index is 12.6. The van der Waals surface area contributed by atoms with Crippen molar-refractivity contribution in [3.05, 3.63) is 12.2 Å². The number of hydrogen-bond acceptors (Lipinski definition) is 9. The Kier molecular flexibility index (Phi) is 40.9. The van der Waals surface area contributed by atoms with Crippen LogP contribution in [0.2, 0.25) is 0 Å². The van der Waals surface area contributed by atoms with Gasteiger partial charge in [-0.25, -0.2) is 4.57 Å². The van der Waals surface area contributed by atoms with Gasteiger partial charge in [-0.05, 0) is 38.5 Å². The average Bonchev–Trinajstić information content (AvgIpc) is 3.19. The zero-order chi connectivity index (χ0) is 41.2. The molecule has 332 valence electrons. The van der Waals surface area contributed by atoms with Crippen LogP contribution in [0.1, 0.15) is 226 Å². The molecule has 11 heteroatoms. The second-order valence-electron chi connectivity index (χ2n) is 15.8. The van der Waals surface area contributed by atoms with Gasteiger partial charge in [0.15, 0.2) is 6.10 Å². The largest absolute Gasteiger partial charge is 0.472 e. The van der Waals surface area contributed by atoms with Crippen molar-refractivity contribution in [2.24, 2.45) is 0 Å². The van der Waals surface area contributed by atoms with Crippen molar-refractivity contribution in [3.63, 3.8) is 0 Å². The minimum atomic E-state index is -4.61. The van der Waals surface area contributed by atoms with Crippen molar-refractivity contribution in [1.82, 2.24) is 0 Å². The van der Waals surface area contributed by atoms with Crippen LogP contribution in [0.15, 0.2) is 12.2 Å². The third kappa shape index (κ3) is 40.9. The molecular weight excluding hydrogens is 731 g/mol. The number of phosphoric acid groups is 1. The fourth-order valence-corrected chi connectivity index (χ4v) is 7.37.